The first-order valence-electron chi connectivity index (χ1n) is 4.36. The van der Waals surface area contributed by atoms with E-state index in [-0.39, 0.29) is 5.92 Å². The molecule has 1 aromatic heterocycles. The molecule has 14 heavy (non-hydrogen) atoms. The van der Waals surface area contributed by atoms with Gasteiger partial charge in [0.1, 0.15) is 5.69 Å². The van der Waals surface area contributed by atoms with Gasteiger partial charge in [0.25, 0.3) is 0 Å². The second-order valence-corrected chi connectivity index (χ2v) is 3.58. The van der Waals surface area contributed by atoms with Gasteiger partial charge in [0.15, 0.2) is 0 Å². The summed E-state index contributed by atoms with van der Waals surface area (Å²) in [6.45, 7) is 5.53. The Kier molecular flexibility index (Phi) is 2.83. The predicted molar refractivity (Wildman–Crippen MR) is 48.1 cm³/mol. The van der Waals surface area contributed by atoms with Gasteiger partial charge in [0.2, 0.25) is 0 Å². The number of aromatic nitrogens is 1. The van der Waals surface area contributed by atoms with E-state index in [9.17, 15) is 13.2 Å². The summed E-state index contributed by atoms with van der Waals surface area (Å²) < 4.78 is 36.7. The van der Waals surface area contributed by atoms with E-state index in [0.717, 1.165) is 11.6 Å². The Hall–Kier alpha value is -1.06. The summed E-state index contributed by atoms with van der Waals surface area (Å²) in [6.07, 6.45) is -3.04. The van der Waals surface area contributed by atoms with E-state index in [2.05, 4.69) is 4.98 Å². The highest BCUT2D eigenvalue weighted by Gasteiger charge is 2.32. The Balaban J connectivity index is 3.13. The fraction of sp³-hybridized carbons (Fsp3) is 0.500. The van der Waals surface area contributed by atoms with Crippen molar-refractivity contribution in [3.8, 4) is 0 Å². The van der Waals surface area contributed by atoms with E-state index in [1.807, 2.05) is 13.8 Å². The molecule has 0 aliphatic rings. The maximum atomic E-state index is 12.2. The molecule has 0 aliphatic heterocycles. The first kappa shape index (κ1) is 11.0. The second kappa shape index (κ2) is 3.59. The number of alkyl halides is 3. The number of hydrogen-bond acceptors (Lipinski definition) is 1. The SMILES string of the molecule is Cc1cc(C(F)(F)F)ncc1C(C)C. The summed E-state index contributed by atoms with van der Waals surface area (Å²) >= 11 is 0. The van der Waals surface area contributed by atoms with Gasteiger partial charge < -0.3 is 0 Å². The van der Waals surface area contributed by atoms with Crippen LogP contribution in [0.2, 0.25) is 0 Å². The molecular weight excluding hydrogens is 191 g/mol. The minimum atomic E-state index is -4.35. The molecule has 4 heteroatoms. The van der Waals surface area contributed by atoms with Crippen LogP contribution < -0.4 is 0 Å². The quantitative estimate of drug-likeness (QED) is 0.680. The van der Waals surface area contributed by atoms with Crippen molar-refractivity contribution in [2.75, 3.05) is 0 Å². The van der Waals surface area contributed by atoms with Crippen LogP contribution in [0.3, 0.4) is 0 Å². The zero-order valence-corrected chi connectivity index (χ0v) is 8.31. The van der Waals surface area contributed by atoms with Crippen LogP contribution in [0.25, 0.3) is 0 Å². The molecule has 0 spiro atoms. The highest BCUT2D eigenvalue weighted by molar-refractivity contribution is 5.28. The number of hydrogen-bond donors (Lipinski definition) is 0. The average molecular weight is 203 g/mol. The van der Waals surface area contributed by atoms with Crippen molar-refractivity contribution in [1.29, 1.82) is 0 Å². The Labute approximate surface area is 81.0 Å². The number of aryl methyl sites for hydroxylation is 1. The third kappa shape index (κ3) is 2.25. The van der Waals surface area contributed by atoms with Crippen molar-refractivity contribution in [3.05, 3.63) is 29.1 Å². The molecule has 0 atom stereocenters. The average Bonchev–Trinajstić information content (AvgIpc) is 2.01. The van der Waals surface area contributed by atoms with E-state index < -0.39 is 11.9 Å². The third-order valence-electron chi connectivity index (χ3n) is 2.06. The molecule has 0 amide bonds. The molecule has 1 heterocycles. The number of pyridine rings is 1. The zero-order chi connectivity index (χ0) is 10.9. The molecule has 1 nitrogen and oxygen atoms in total. The summed E-state index contributed by atoms with van der Waals surface area (Å²) in [5.74, 6) is 0.199. The minimum Gasteiger partial charge on any atom is -0.251 e. The molecule has 0 unspecified atom stereocenters. The van der Waals surface area contributed by atoms with Gasteiger partial charge in [-0.2, -0.15) is 13.2 Å². The monoisotopic (exact) mass is 203 g/mol. The van der Waals surface area contributed by atoms with E-state index in [1.54, 1.807) is 6.92 Å². The summed E-state index contributed by atoms with van der Waals surface area (Å²) in [7, 11) is 0. The third-order valence-corrected chi connectivity index (χ3v) is 2.06. The van der Waals surface area contributed by atoms with Crippen LogP contribution in [0.5, 0.6) is 0 Å². The second-order valence-electron chi connectivity index (χ2n) is 3.58. The van der Waals surface area contributed by atoms with E-state index in [0.29, 0.717) is 5.56 Å². The molecule has 78 valence electrons. The molecule has 0 fully saturated rings. The van der Waals surface area contributed by atoms with Crippen LogP contribution in [-0.2, 0) is 6.18 Å². The highest BCUT2D eigenvalue weighted by atomic mass is 19.4. The molecule has 0 radical (unpaired) electrons. The van der Waals surface area contributed by atoms with Crippen molar-refractivity contribution in [1.82, 2.24) is 4.98 Å². The molecule has 0 saturated carbocycles. The lowest BCUT2D eigenvalue weighted by molar-refractivity contribution is -0.141. The van der Waals surface area contributed by atoms with Crippen LogP contribution >= 0.6 is 0 Å². The van der Waals surface area contributed by atoms with Gasteiger partial charge in [-0.1, -0.05) is 13.8 Å². The fourth-order valence-corrected chi connectivity index (χ4v) is 1.33. The summed E-state index contributed by atoms with van der Waals surface area (Å²) in [5, 5.41) is 0. The largest absolute Gasteiger partial charge is 0.433 e. The molecule has 0 aliphatic carbocycles. The van der Waals surface area contributed by atoms with Crippen LogP contribution in [-0.4, -0.2) is 4.98 Å². The van der Waals surface area contributed by atoms with E-state index in [1.165, 1.54) is 6.20 Å². The van der Waals surface area contributed by atoms with Crippen molar-refractivity contribution in [2.24, 2.45) is 0 Å². The van der Waals surface area contributed by atoms with Crippen LogP contribution in [0, 0.1) is 6.92 Å². The van der Waals surface area contributed by atoms with Crippen molar-refractivity contribution < 1.29 is 13.2 Å². The first-order chi connectivity index (χ1) is 6.32. The molecule has 1 rings (SSSR count). The first-order valence-corrected chi connectivity index (χ1v) is 4.36. The van der Waals surface area contributed by atoms with Crippen LogP contribution in [0.4, 0.5) is 13.2 Å². The zero-order valence-electron chi connectivity index (χ0n) is 8.31. The van der Waals surface area contributed by atoms with Crippen molar-refractivity contribution in [3.63, 3.8) is 0 Å². The van der Waals surface area contributed by atoms with E-state index >= 15 is 0 Å². The number of nitrogens with zero attached hydrogens (tertiary/aromatic N) is 1. The van der Waals surface area contributed by atoms with Gasteiger partial charge in [0, 0.05) is 6.20 Å². The van der Waals surface area contributed by atoms with Crippen molar-refractivity contribution in [2.45, 2.75) is 32.9 Å². The Morgan fingerprint density at radius 1 is 1.29 bits per heavy atom. The summed E-state index contributed by atoms with van der Waals surface area (Å²) in [6, 6.07) is 1.09. The number of rotatable bonds is 1. The summed E-state index contributed by atoms with van der Waals surface area (Å²) in [4.78, 5) is 3.41. The van der Waals surface area contributed by atoms with Gasteiger partial charge in [0.05, 0.1) is 0 Å². The molecule has 0 N–H and O–H groups in total. The van der Waals surface area contributed by atoms with Gasteiger partial charge >= 0.3 is 6.18 Å². The molecule has 1 aromatic rings. The van der Waals surface area contributed by atoms with E-state index in [4.69, 9.17) is 0 Å². The normalized spacial score (nSPS) is 12.2. The lowest BCUT2D eigenvalue weighted by atomic mass is 10.00. The molecule has 0 saturated heterocycles. The Bertz CT molecular complexity index is 329. The van der Waals surface area contributed by atoms with Crippen LogP contribution in [0.15, 0.2) is 12.3 Å². The lowest BCUT2D eigenvalue weighted by Gasteiger charge is -2.11. The Morgan fingerprint density at radius 2 is 1.86 bits per heavy atom. The lowest BCUT2D eigenvalue weighted by Crippen LogP contribution is -2.09. The highest BCUT2D eigenvalue weighted by Crippen LogP contribution is 2.29. The maximum absolute atomic E-state index is 12.2. The van der Waals surface area contributed by atoms with Gasteiger partial charge in [-0.05, 0) is 30.0 Å². The standard InChI is InChI=1S/C10H12F3N/c1-6(2)8-5-14-9(4-7(8)3)10(11,12)13/h4-6H,1-3H3. The fourth-order valence-electron chi connectivity index (χ4n) is 1.33. The van der Waals surface area contributed by atoms with Gasteiger partial charge in [-0.15, -0.1) is 0 Å². The molecule has 0 bridgehead atoms. The van der Waals surface area contributed by atoms with Gasteiger partial charge in [-0.25, -0.2) is 0 Å². The molecule has 0 aromatic carbocycles. The van der Waals surface area contributed by atoms with Crippen molar-refractivity contribution >= 4 is 0 Å². The summed E-state index contributed by atoms with van der Waals surface area (Å²) in [5.41, 5.74) is 0.680. The predicted octanol–water partition coefficient (Wildman–Crippen LogP) is 3.53. The Morgan fingerprint density at radius 3 is 2.21 bits per heavy atom. The minimum absolute atomic E-state index is 0.199. The van der Waals surface area contributed by atoms with Gasteiger partial charge in [-0.3, -0.25) is 4.98 Å². The smallest absolute Gasteiger partial charge is 0.251 e. The van der Waals surface area contributed by atoms with Crippen LogP contribution in [0.1, 0.15) is 36.6 Å². The number of halogens is 3. The molecular formula is C10H12F3N. The topological polar surface area (TPSA) is 12.9 Å². The maximum Gasteiger partial charge on any atom is 0.433 e.